The first-order valence-corrected chi connectivity index (χ1v) is 8.30. The van der Waals surface area contributed by atoms with Crippen LogP contribution in [0.5, 0.6) is 0 Å². The Kier molecular flexibility index (Phi) is 6.20. The smallest absolute Gasteiger partial charge is 0.323 e. The zero-order chi connectivity index (χ0) is 17.7. The van der Waals surface area contributed by atoms with Crippen LogP contribution in [0.4, 0.5) is 0 Å². The van der Waals surface area contributed by atoms with E-state index in [-0.39, 0.29) is 24.4 Å². The van der Waals surface area contributed by atoms with E-state index in [4.69, 9.17) is 16.7 Å². The second kappa shape index (κ2) is 8.15. The molecule has 1 fully saturated rings. The van der Waals surface area contributed by atoms with Crippen molar-refractivity contribution in [1.82, 2.24) is 9.80 Å². The highest BCUT2D eigenvalue weighted by Crippen LogP contribution is 2.20. The van der Waals surface area contributed by atoms with Crippen LogP contribution < -0.4 is 0 Å². The number of hydrogen-bond acceptors (Lipinski definition) is 3. The molecule has 0 bridgehead atoms. The van der Waals surface area contributed by atoms with Gasteiger partial charge in [0.15, 0.2) is 0 Å². The summed E-state index contributed by atoms with van der Waals surface area (Å²) in [6, 6.07) is 6.66. The average Bonchev–Trinajstić information content (AvgIpc) is 2.77. The van der Waals surface area contributed by atoms with E-state index in [0.717, 1.165) is 6.42 Å². The van der Waals surface area contributed by atoms with Crippen LogP contribution in [0.2, 0.25) is 5.02 Å². The lowest BCUT2D eigenvalue weighted by Gasteiger charge is -2.28. The second-order valence-electron chi connectivity index (χ2n) is 5.93. The van der Waals surface area contributed by atoms with Crippen molar-refractivity contribution in [2.24, 2.45) is 0 Å². The van der Waals surface area contributed by atoms with Gasteiger partial charge >= 0.3 is 5.97 Å². The standard InChI is InChI=1S/C17H21ClN2O4/c1-12(21)20(11-16(22)23)15-6-3-8-19(9-7-15)17(24)13-4-2-5-14(18)10-13/h2,4-5,10,15H,3,6-9,11H2,1H3,(H,22,23)/t15-/m0/s1. The van der Waals surface area contributed by atoms with Crippen molar-refractivity contribution in [3.8, 4) is 0 Å². The number of hydrogen-bond donors (Lipinski definition) is 1. The van der Waals surface area contributed by atoms with Gasteiger partial charge in [0.2, 0.25) is 5.91 Å². The molecule has 1 aromatic carbocycles. The Balaban J connectivity index is 2.05. The van der Waals surface area contributed by atoms with E-state index in [9.17, 15) is 14.4 Å². The third-order valence-electron chi connectivity index (χ3n) is 4.21. The number of carbonyl (C=O) groups is 3. The van der Waals surface area contributed by atoms with E-state index in [1.165, 1.54) is 11.8 Å². The van der Waals surface area contributed by atoms with Crippen molar-refractivity contribution in [3.05, 3.63) is 34.9 Å². The van der Waals surface area contributed by atoms with E-state index < -0.39 is 5.97 Å². The van der Waals surface area contributed by atoms with Gasteiger partial charge in [0.1, 0.15) is 6.54 Å². The van der Waals surface area contributed by atoms with Gasteiger partial charge in [0, 0.05) is 36.6 Å². The zero-order valence-electron chi connectivity index (χ0n) is 13.6. The van der Waals surface area contributed by atoms with Crippen LogP contribution in [0.3, 0.4) is 0 Å². The van der Waals surface area contributed by atoms with Crippen LogP contribution in [0.1, 0.15) is 36.5 Å². The highest BCUT2D eigenvalue weighted by atomic mass is 35.5. The minimum atomic E-state index is -1.03. The molecule has 0 aliphatic carbocycles. The van der Waals surface area contributed by atoms with E-state index in [1.807, 2.05) is 0 Å². The molecule has 2 amide bonds. The van der Waals surface area contributed by atoms with E-state index >= 15 is 0 Å². The summed E-state index contributed by atoms with van der Waals surface area (Å²) >= 11 is 5.94. The van der Waals surface area contributed by atoms with Gasteiger partial charge < -0.3 is 14.9 Å². The van der Waals surface area contributed by atoms with Gasteiger partial charge in [-0.05, 0) is 37.5 Å². The normalized spacial score (nSPS) is 17.9. The van der Waals surface area contributed by atoms with Gasteiger partial charge in [0.05, 0.1) is 0 Å². The number of amides is 2. The van der Waals surface area contributed by atoms with Crippen LogP contribution in [0.15, 0.2) is 24.3 Å². The molecule has 1 aliphatic heterocycles. The highest BCUT2D eigenvalue weighted by molar-refractivity contribution is 6.30. The summed E-state index contributed by atoms with van der Waals surface area (Å²) in [6.07, 6.45) is 1.98. The monoisotopic (exact) mass is 352 g/mol. The maximum Gasteiger partial charge on any atom is 0.323 e. The van der Waals surface area contributed by atoms with E-state index in [0.29, 0.717) is 36.5 Å². The highest BCUT2D eigenvalue weighted by Gasteiger charge is 2.27. The van der Waals surface area contributed by atoms with Gasteiger partial charge in [-0.2, -0.15) is 0 Å². The molecule has 0 spiro atoms. The van der Waals surface area contributed by atoms with Gasteiger partial charge in [0.25, 0.3) is 5.91 Å². The molecule has 130 valence electrons. The number of aliphatic carboxylic acids is 1. The van der Waals surface area contributed by atoms with E-state index in [1.54, 1.807) is 29.2 Å². The second-order valence-corrected chi connectivity index (χ2v) is 6.36. The quantitative estimate of drug-likeness (QED) is 0.901. The number of nitrogens with zero attached hydrogens (tertiary/aromatic N) is 2. The first-order chi connectivity index (χ1) is 11.4. The molecular formula is C17H21ClN2O4. The molecule has 1 saturated heterocycles. The molecule has 2 rings (SSSR count). The summed E-state index contributed by atoms with van der Waals surface area (Å²) < 4.78 is 0. The van der Waals surface area contributed by atoms with Crippen molar-refractivity contribution in [2.75, 3.05) is 19.6 Å². The number of halogens is 1. The fourth-order valence-corrected chi connectivity index (χ4v) is 3.23. The molecule has 1 N–H and O–H groups in total. The van der Waals surface area contributed by atoms with Crippen LogP contribution in [0.25, 0.3) is 0 Å². The minimum absolute atomic E-state index is 0.0919. The molecule has 1 aliphatic rings. The predicted octanol–water partition coefficient (Wildman–Crippen LogP) is 2.27. The zero-order valence-corrected chi connectivity index (χ0v) is 14.3. The van der Waals surface area contributed by atoms with Crippen molar-refractivity contribution in [1.29, 1.82) is 0 Å². The molecule has 1 aromatic rings. The van der Waals surface area contributed by atoms with Gasteiger partial charge in [-0.1, -0.05) is 17.7 Å². The third kappa shape index (κ3) is 4.71. The number of carboxylic acids is 1. The molecule has 0 unspecified atom stereocenters. The number of carboxylic acid groups (broad SMARTS) is 1. The first-order valence-electron chi connectivity index (χ1n) is 7.92. The lowest BCUT2D eigenvalue weighted by atomic mass is 10.1. The van der Waals surface area contributed by atoms with Crippen LogP contribution in [-0.4, -0.2) is 58.4 Å². The Morgan fingerprint density at radius 3 is 2.67 bits per heavy atom. The molecule has 7 heteroatoms. The fraction of sp³-hybridized carbons (Fsp3) is 0.471. The molecule has 1 heterocycles. The van der Waals surface area contributed by atoms with Crippen LogP contribution >= 0.6 is 11.6 Å². The summed E-state index contributed by atoms with van der Waals surface area (Å²) in [6.45, 7) is 2.14. The van der Waals surface area contributed by atoms with Crippen LogP contribution in [-0.2, 0) is 9.59 Å². The average molecular weight is 353 g/mol. The van der Waals surface area contributed by atoms with Crippen molar-refractivity contribution < 1.29 is 19.5 Å². The van der Waals surface area contributed by atoms with Crippen molar-refractivity contribution >= 4 is 29.4 Å². The maximum atomic E-state index is 12.6. The van der Waals surface area contributed by atoms with Crippen molar-refractivity contribution in [2.45, 2.75) is 32.2 Å². The summed E-state index contributed by atoms with van der Waals surface area (Å²) in [5.74, 6) is -1.37. The Morgan fingerprint density at radius 1 is 1.29 bits per heavy atom. The molecule has 24 heavy (non-hydrogen) atoms. The Bertz CT molecular complexity index is 635. The van der Waals surface area contributed by atoms with Crippen LogP contribution in [0, 0.1) is 0 Å². The number of rotatable bonds is 4. The first kappa shape index (κ1) is 18.3. The number of likely N-dealkylation sites (tertiary alicyclic amines) is 1. The summed E-state index contributed by atoms with van der Waals surface area (Å²) in [7, 11) is 0. The Labute approximate surface area is 146 Å². The molecular weight excluding hydrogens is 332 g/mol. The molecule has 0 aromatic heterocycles. The summed E-state index contributed by atoms with van der Waals surface area (Å²) in [5.41, 5.74) is 0.537. The van der Waals surface area contributed by atoms with Gasteiger partial charge in [-0.15, -0.1) is 0 Å². The lowest BCUT2D eigenvalue weighted by molar-refractivity contribution is -0.145. The summed E-state index contributed by atoms with van der Waals surface area (Å²) in [5, 5.41) is 9.49. The molecule has 0 radical (unpaired) electrons. The topological polar surface area (TPSA) is 77.9 Å². The van der Waals surface area contributed by atoms with Gasteiger partial charge in [-0.25, -0.2) is 0 Å². The van der Waals surface area contributed by atoms with E-state index in [2.05, 4.69) is 0 Å². The molecule has 0 saturated carbocycles. The molecule has 1 atom stereocenters. The Morgan fingerprint density at radius 2 is 2.04 bits per heavy atom. The predicted molar refractivity (Wildman–Crippen MR) is 90.0 cm³/mol. The largest absolute Gasteiger partial charge is 0.480 e. The third-order valence-corrected chi connectivity index (χ3v) is 4.44. The van der Waals surface area contributed by atoms with Gasteiger partial charge in [-0.3, -0.25) is 14.4 Å². The fourth-order valence-electron chi connectivity index (χ4n) is 3.04. The number of carbonyl (C=O) groups excluding carboxylic acids is 2. The number of benzene rings is 1. The lowest BCUT2D eigenvalue weighted by Crippen LogP contribution is -2.43. The SMILES string of the molecule is CC(=O)N(CC(=O)O)[C@H]1CCCN(C(=O)c2cccc(Cl)c2)CC1. The summed E-state index contributed by atoms with van der Waals surface area (Å²) in [4.78, 5) is 38.4. The molecule has 6 nitrogen and oxygen atoms in total. The Hall–Kier alpha value is -2.08. The van der Waals surface area contributed by atoms with Crippen molar-refractivity contribution in [3.63, 3.8) is 0 Å². The minimum Gasteiger partial charge on any atom is -0.480 e. The maximum absolute atomic E-state index is 12.6.